The molecule has 0 aromatic carbocycles. The molecule has 2 heterocycles. The van der Waals surface area contributed by atoms with Gasteiger partial charge in [0.05, 0.1) is 11.8 Å². The molecule has 0 radical (unpaired) electrons. The van der Waals surface area contributed by atoms with Crippen molar-refractivity contribution in [3.8, 4) is 11.7 Å². The predicted octanol–water partition coefficient (Wildman–Crippen LogP) is 3.26. The smallest absolute Gasteiger partial charge is 0.255 e. The number of nitrogens with zero attached hydrogens (tertiary/aromatic N) is 4. The Morgan fingerprint density at radius 1 is 1.29 bits per heavy atom. The summed E-state index contributed by atoms with van der Waals surface area (Å²) in [6, 6.07) is 4.91. The van der Waals surface area contributed by atoms with Gasteiger partial charge < -0.3 is 10.0 Å². The third-order valence-corrected chi connectivity index (χ3v) is 3.93. The zero-order valence-electron chi connectivity index (χ0n) is 14.6. The predicted molar refractivity (Wildman–Crippen MR) is 93.3 cm³/mol. The minimum Gasteiger partial charge on any atom is -0.493 e. The first kappa shape index (κ1) is 18.0. The van der Waals surface area contributed by atoms with Crippen LogP contribution >= 0.6 is 0 Å². The summed E-state index contributed by atoms with van der Waals surface area (Å²) >= 11 is 0. The van der Waals surface area contributed by atoms with Crippen LogP contribution in [0.4, 0.5) is 0 Å². The van der Waals surface area contributed by atoms with Gasteiger partial charge >= 0.3 is 0 Å². The second kappa shape index (κ2) is 8.47. The van der Waals surface area contributed by atoms with Gasteiger partial charge in [-0.1, -0.05) is 27.2 Å². The minimum atomic E-state index is 0.00328. The molecule has 0 bridgehead atoms. The SMILES string of the molecule is CCCC(C)CN(CCC)C(=O)c1ccc(-n2nccc2O)nc1. The number of pyridine rings is 1. The third-order valence-electron chi connectivity index (χ3n) is 3.93. The van der Waals surface area contributed by atoms with E-state index in [0.29, 0.717) is 17.3 Å². The van der Waals surface area contributed by atoms with Crippen LogP contribution in [0.3, 0.4) is 0 Å². The van der Waals surface area contributed by atoms with Crippen LogP contribution in [-0.2, 0) is 0 Å². The van der Waals surface area contributed by atoms with Gasteiger partial charge in [0.25, 0.3) is 5.91 Å². The van der Waals surface area contributed by atoms with Crippen LogP contribution < -0.4 is 0 Å². The summed E-state index contributed by atoms with van der Waals surface area (Å²) in [5.41, 5.74) is 0.558. The van der Waals surface area contributed by atoms with Gasteiger partial charge in [-0.15, -0.1) is 0 Å². The van der Waals surface area contributed by atoms with Crippen LogP contribution in [-0.4, -0.2) is 43.8 Å². The molecule has 1 unspecified atom stereocenters. The zero-order chi connectivity index (χ0) is 17.5. The monoisotopic (exact) mass is 330 g/mol. The van der Waals surface area contributed by atoms with Crippen LogP contribution in [0.2, 0.25) is 0 Å². The maximum atomic E-state index is 12.8. The highest BCUT2D eigenvalue weighted by atomic mass is 16.3. The molecule has 0 aliphatic heterocycles. The summed E-state index contributed by atoms with van der Waals surface area (Å²) in [5, 5.41) is 13.7. The molecule has 2 aromatic rings. The number of carbonyl (C=O) groups excluding carboxylic acids is 1. The molecule has 0 saturated heterocycles. The molecule has 0 fully saturated rings. The number of carbonyl (C=O) groups is 1. The average Bonchev–Trinajstić information content (AvgIpc) is 3.00. The second-order valence-electron chi connectivity index (χ2n) is 6.15. The van der Waals surface area contributed by atoms with E-state index in [1.54, 1.807) is 18.3 Å². The molecule has 1 atom stereocenters. The lowest BCUT2D eigenvalue weighted by molar-refractivity contribution is 0.0729. The highest BCUT2D eigenvalue weighted by Gasteiger charge is 2.18. The Morgan fingerprint density at radius 3 is 2.62 bits per heavy atom. The van der Waals surface area contributed by atoms with Crippen LogP contribution in [0.5, 0.6) is 5.88 Å². The molecule has 0 spiro atoms. The van der Waals surface area contributed by atoms with Gasteiger partial charge in [0, 0.05) is 25.4 Å². The van der Waals surface area contributed by atoms with E-state index in [9.17, 15) is 9.90 Å². The van der Waals surface area contributed by atoms with Gasteiger partial charge in [-0.05, 0) is 30.9 Å². The summed E-state index contributed by atoms with van der Waals surface area (Å²) < 4.78 is 1.32. The summed E-state index contributed by atoms with van der Waals surface area (Å²) in [4.78, 5) is 18.9. The summed E-state index contributed by atoms with van der Waals surface area (Å²) in [5.74, 6) is 0.986. The molecule has 1 N–H and O–H groups in total. The summed E-state index contributed by atoms with van der Waals surface area (Å²) in [6.45, 7) is 7.93. The highest BCUT2D eigenvalue weighted by molar-refractivity contribution is 5.94. The van der Waals surface area contributed by atoms with Crippen molar-refractivity contribution in [2.75, 3.05) is 13.1 Å². The van der Waals surface area contributed by atoms with E-state index in [1.807, 2.05) is 4.90 Å². The van der Waals surface area contributed by atoms with E-state index >= 15 is 0 Å². The van der Waals surface area contributed by atoms with Gasteiger partial charge in [-0.3, -0.25) is 4.79 Å². The molecule has 0 saturated carbocycles. The quantitative estimate of drug-likeness (QED) is 0.806. The van der Waals surface area contributed by atoms with E-state index in [2.05, 4.69) is 30.9 Å². The first-order valence-corrected chi connectivity index (χ1v) is 8.55. The topological polar surface area (TPSA) is 71.2 Å². The van der Waals surface area contributed by atoms with Crippen LogP contribution in [0, 0.1) is 5.92 Å². The largest absolute Gasteiger partial charge is 0.493 e. The van der Waals surface area contributed by atoms with Crippen molar-refractivity contribution in [3.63, 3.8) is 0 Å². The molecule has 130 valence electrons. The third kappa shape index (κ3) is 4.34. The number of amides is 1. The van der Waals surface area contributed by atoms with E-state index in [-0.39, 0.29) is 11.8 Å². The molecule has 2 aromatic heterocycles. The normalized spacial score (nSPS) is 12.1. The van der Waals surface area contributed by atoms with Gasteiger partial charge in [-0.25, -0.2) is 4.98 Å². The molecule has 0 aliphatic rings. The summed E-state index contributed by atoms with van der Waals surface area (Å²) in [6.07, 6.45) is 6.21. The lowest BCUT2D eigenvalue weighted by atomic mass is 10.1. The fourth-order valence-electron chi connectivity index (χ4n) is 2.80. The lowest BCUT2D eigenvalue weighted by Crippen LogP contribution is -2.35. The maximum absolute atomic E-state index is 12.8. The van der Waals surface area contributed by atoms with Crippen molar-refractivity contribution in [1.29, 1.82) is 0 Å². The van der Waals surface area contributed by atoms with Gasteiger partial charge in [0.1, 0.15) is 0 Å². The van der Waals surface area contributed by atoms with E-state index < -0.39 is 0 Å². The number of rotatable bonds is 8. The van der Waals surface area contributed by atoms with Gasteiger partial charge in [0.2, 0.25) is 5.88 Å². The van der Waals surface area contributed by atoms with Crippen molar-refractivity contribution >= 4 is 5.91 Å². The van der Waals surface area contributed by atoms with E-state index in [1.165, 1.54) is 16.9 Å². The number of aromatic hydroxyl groups is 1. The average molecular weight is 330 g/mol. The Morgan fingerprint density at radius 2 is 2.08 bits per heavy atom. The second-order valence-corrected chi connectivity index (χ2v) is 6.15. The molecule has 1 amide bonds. The molecule has 0 aliphatic carbocycles. The van der Waals surface area contributed by atoms with Crippen molar-refractivity contribution in [2.45, 2.75) is 40.0 Å². The first-order valence-electron chi connectivity index (χ1n) is 8.55. The molecule has 6 nitrogen and oxygen atoms in total. The fraction of sp³-hybridized carbons (Fsp3) is 0.500. The Labute approximate surface area is 143 Å². The number of hydrogen-bond donors (Lipinski definition) is 1. The minimum absolute atomic E-state index is 0.00328. The first-order chi connectivity index (χ1) is 11.6. The van der Waals surface area contributed by atoms with Crippen molar-refractivity contribution < 1.29 is 9.90 Å². The van der Waals surface area contributed by atoms with Crippen LogP contribution in [0.25, 0.3) is 5.82 Å². The van der Waals surface area contributed by atoms with E-state index in [4.69, 9.17) is 0 Å². The molecular weight excluding hydrogens is 304 g/mol. The maximum Gasteiger partial charge on any atom is 0.255 e. The number of aromatic nitrogens is 3. The van der Waals surface area contributed by atoms with Crippen molar-refractivity contribution in [2.24, 2.45) is 5.92 Å². The Balaban J connectivity index is 2.13. The molecule has 2 rings (SSSR count). The molecular formula is C18H26N4O2. The van der Waals surface area contributed by atoms with E-state index in [0.717, 1.165) is 32.4 Å². The molecule has 24 heavy (non-hydrogen) atoms. The van der Waals surface area contributed by atoms with Crippen LogP contribution in [0.15, 0.2) is 30.6 Å². The Hall–Kier alpha value is -2.37. The van der Waals surface area contributed by atoms with Crippen molar-refractivity contribution in [1.82, 2.24) is 19.7 Å². The fourth-order valence-corrected chi connectivity index (χ4v) is 2.80. The Kier molecular flexibility index (Phi) is 6.35. The van der Waals surface area contributed by atoms with Gasteiger partial charge in [0.15, 0.2) is 5.82 Å². The Bertz CT molecular complexity index is 651. The van der Waals surface area contributed by atoms with Crippen LogP contribution in [0.1, 0.15) is 50.4 Å². The van der Waals surface area contributed by atoms with Gasteiger partial charge in [-0.2, -0.15) is 9.78 Å². The summed E-state index contributed by atoms with van der Waals surface area (Å²) in [7, 11) is 0. The standard InChI is InChI=1S/C18H26N4O2/c1-4-6-14(3)13-21(11-5-2)18(24)15-7-8-16(19-12-15)22-17(23)9-10-20-22/h7-10,12,14,23H,4-6,11,13H2,1-3H3. The number of hydrogen-bond acceptors (Lipinski definition) is 4. The lowest BCUT2D eigenvalue weighted by Gasteiger charge is -2.25. The van der Waals surface area contributed by atoms with Crippen molar-refractivity contribution in [3.05, 3.63) is 36.2 Å². The highest BCUT2D eigenvalue weighted by Crippen LogP contribution is 2.15. The zero-order valence-corrected chi connectivity index (χ0v) is 14.6. The molecule has 6 heteroatoms.